The molecule has 0 amide bonds. The molecule has 0 N–H and O–H groups in total. The Hall–Kier alpha value is -4.18. The molecule has 140 valence electrons. The number of fused-ring (bicyclic) bond motifs is 6. The van der Waals surface area contributed by atoms with Gasteiger partial charge in [0.05, 0.1) is 0 Å². The predicted octanol–water partition coefficient (Wildman–Crippen LogP) is 6.06. The molecule has 6 rings (SSSR count). The van der Waals surface area contributed by atoms with E-state index in [9.17, 15) is 0 Å². The van der Waals surface area contributed by atoms with Crippen molar-refractivity contribution in [3.05, 3.63) is 97.3 Å². The second kappa shape index (κ2) is 6.71. The normalized spacial score (nSPS) is 11.3. The molecule has 6 aromatic rings. The molecule has 0 bridgehead atoms. The van der Waals surface area contributed by atoms with Gasteiger partial charge in [0.1, 0.15) is 11.0 Å². The van der Waals surface area contributed by atoms with E-state index < -0.39 is 0 Å². The fraction of sp³-hybridized carbons (Fsp3) is 0. The molecule has 0 saturated heterocycles. The van der Waals surface area contributed by atoms with Crippen LogP contribution in [0.3, 0.4) is 0 Å². The Morgan fingerprint density at radius 3 is 1.23 bits per heavy atom. The zero-order chi connectivity index (χ0) is 19.9. The first-order chi connectivity index (χ1) is 14.9. The highest BCUT2D eigenvalue weighted by atomic mass is 14.9. The van der Waals surface area contributed by atoms with E-state index in [1.54, 1.807) is 0 Å². The van der Waals surface area contributed by atoms with Crippen LogP contribution in [0.1, 0.15) is 0 Å². The van der Waals surface area contributed by atoms with Gasteiger partial charge in [-0.05, 0) is 10.8 Å². The van der Waals surface area contributed by atoms with E-state index in [4.69, 9.17) is 9.97 Å². The van der Waals surface area contributed by atoms with Crippen LogP contribution in [-0.2, 0) is 0 Å². The second-order valence-corrected chi connectivity index (χ2v) is 7.19. The van der Waals surface area contributed by atoms with E-state index in [-0.39, 0.29) is 0 Å². The molecule has 0 saturated carbocycles. The maximum Gasteiger partial charge on any atom is 0.159 e. The molecular formula is C26H16N4. The van der Waals surface area contributed by atoms with Crippen LogP contribution < -0.4 is 0 Å². The predicted molar refractivity (Wildman–Crippen MR) is 121 cm³/mol. The molecule has 0 radical (unpaired) electrons. The van der Waals surface area contributed by atoms with Crippen molar-refractivity contribution in [3.8, 4) is 22.8 Å². The van der Waals surface area contributed by atoms with Gasteiger partial charge < -0.3 is 0 Å². The van der Waals surface area contributed by atoms with E-state index in [1.807, 2.05) is 85.2 Å². The van der Waals surface area contributed by atoms with Crippen LogP contribution in [0.25, 0.3) is 55.4 Å². The molecule has 30 heavy (non-hydrogen) atoms. The Morgan fingerprint density at radius 2 is 0.800 bits per heavy atom. The molecule has 0 unspecified atom stereocenters. The van der Waals surface area contributed by atoms with Gasteiger partial charge in [-0.25, -0.2) is 19.9 Å². The standard InChI is InChI=1S/C26H16N4/c1-3-9-17(10-4-1)25-27-15-21-19-13-7-8-14-20(19)22-16-28-26(18-11-5-2-6-12-18)30-24(22)23(21)29-25/h1-16H. The number of hydrogen-bond donors (Lipinski definition) is 0. The quantitative estimate of drug-likeness (QED) is 0.341. The average molecular weight is 384 g/mol. The SMILES string of the molecule is c1ccc(-c2ncc3c4ccccc4c4cnc(-c5ccccc5)nc4c3n2)cc1. The third kappa shape index (κ3) is 2.62. The molecule has 0 aliphatic carbocycles. The molecule has 4 heteroatoms. The average Bonchev–Trinajstić information content (AvgIpc) is 2.84. The molecule has 0 spiro atoms. The van der Waals surface area contributed by atoms with Crippen molar-refractivity contribution in [2.45, 2.75) is 0 Å². The molecular weight excluding hydrogens is 368 g/mol. The Bertz CT molecular complexity index is 1410. The van der Waals surface area contributed by atoms with Gasteiger partial charge in [-0.2, -0.15) is 0 Å². The fourth-order valence-electron chi connectivity index (χ4n) is 3.92. The highest BCUT2D eigenvalue weighted by Gasteiger charge is 2.14. The summed E-state index contributed by atoms with van der Waals surface area (Å²) in [7, 11) is 0. The lowest BCUT2D eigenvalue weighted by Crippen LogP contribution is -1.96. The van der Waals surface area contributed by atoms with Gasteiger partial charge in [-0.3, -0.25) is 0 Å². The Balaban J connectivity index is 1.73. The fourth-order valence-corrected chi connectivity index (χ4v) is 3.92. The summed E-state index contributed by atoms with van der Waals surface area (Å²) >= 11 is 0. The molecule has 0 aliphatic rings. The van der Waals surface area contributed by atoms with Crippen LogP contribution in [0.15, 0.2) is 97.3 Å². The number of nitrogens with zero attached hydrogens (tertiary/aromatic N) is 4. The lowest BCUT2D eigenvalue weighted by atomic mass is 10.0. The summed E-state index contributed by atoms with van der Waals surface area (Å²) in [6.07, 6.45) is 3.83. The topological polar surface area (TPSA) is 51.6 Å². The van der Waals surface area contributed by atoms with E-state index in [2.05, 4.69) is 22.1 Å². The van der Waals surface area contributed by atoms with Gasteiger partial charge in [0.25, 0.3) is 0 Å². The van der Waals surface area contributed by atoms with Gasteiger partial charge in [0, 0.05) is 34.3 Å². The number of benzene rings is 4. The van der Waals surface area contributed by atoms with Crippen LogP contribution >= 0.6 is 0 Å². The van der Waals surface area contributed by atoms with Crippen molar-refractivity contribution in [3.63, 3.8) is 0 Å². The highest BCUT2D eigenvalue weighted by Crippen LogP contribution is 2.34. The Kier molecular flexibility index (Phi) is 3.74. The van der Waals surface area contributed by atoms with Gasteiger partial charge in [-0.1, -0.05) is 84.9 Å². The van der Waals surface area contributed by atoms with Gasteiger partial charge in [0.2, 0.25) is 0 Å². The molecule has 4 aromatic carbocycles. The lowest BCUT2D eigenvalue weighted by Gasteiger charge is -2.11. The zero-order valence-corrected chi connectivity index (χ0v) is 16.0. The third-order valence-electron chi connectivity index (χ3n) is 5.37. The van der Waals surface area contributed by atoms with Gasteiger partial charge in [0.15, 0.2) is 11.6 Å². The first-order valence-corrected chi connectivity index (χ1v) is 9.83. The number of hydrogen-bond acceptors (Lipinski definition) is 4. The van der Waals surface area contributed by atoms with Crippen molar-refractivity contribution >= 4 is 32.6 Å². The van der Waals surface area contributed by atoms with E-state index in [1.165, 1.54) is 0 Å². The molecule has 0 atom stereocenters. The third-order valence-corrected chi connectivity index (χ3v) is 5.37. The summed E-state index contributed by atoms with van der Waals surface area (Å²) in [6.45, 7) is 0. The minimum absolute atomic E-state index is 0.694. The van der Waals surface area contributed by atoms with Crippen molar-refractivity contribution in [2.75, 3.05) is 0 Å². The van der Waals surface area contributed by atoms with E-state index in [0.29, 0.717) is 11.6 Å². The summed E-state index contributed by atoms with van der Waals surface area (Å²) in [5, 5.41) is 4.21. The summed E-state index contributed by atoms with van der Waals surface area (Å²) in [4.78, 5) is 19.2. The van der Waals surface area contributed by atoms with Gasteiger partial charge >= 0.3 is 0 Å². The zero-order valence-electron chi connectivity index (χ0n) is 16.0. The lowest BCUT2D eigenvalue weighted by molar-refractivity contribution is 1.21. The van der Waals surface area contributed by atoms with Crippen LogP contribution in [0.5, 0.6) is 0 Å². The van der Waals surface area contributed by atoms with Crippen molar-refractivity contribution in [1.29, 1.82) is 0 Å². The molecule has 0 fully saturated rings. The Labute approximate surface area is 172 Å². The molecule has 0 aliphatic heterocycles. The smallest absolute Gasteiger partial charge is 0.159 e. The first-order valence-electron chi connectivity index (χ1n) is 9.83. The largest absolute Gasteiger partial charge is 0.236 e. The minimum Gasteiger partial charge on any atom is -0.236 e. The highest BCUT2D eigenvalue weighted by molar-refractivity contribution is 6.22. The van der Waals surface area contributed by atoms with E-state index >= 15 is 0 Å². The summed E-state index contributed by atoms with van der Waals surface area (Å²) < 4.78 is 0. The second-order valence-electron chi connectivity index (χ2n) is 7.19. The van der Waals surface area contributed by atoms with Crippen LogP contribution in [0, 0.1) is 0 Å². The maximum atomic E-state index is 4.96. The van der Waals surface area contributed by atoms with E-state index in [0.717, 1.165) is 43.7 Å². The van der Waals surface area contributed by atoms with Crippen molar-refractivity contribution in [2.24, 2.45) is 0 Å². The number of aromatic nitrogens is 4. The number of rotatable bonds is 2. The minimum atomic E-state index is 0.694. The molecule has 2 aromatic heterocycles. The van der Waals surface area contributed by atoms with Crippen molar-refractivity contribution in [1.82, 2.24) is 19.9 Å². The summed E-state index contributed by atoms with van der Waals surface area (Å²) in [5.74, 6) is 1.39. The van der Waals surface area contributed by atoms with Crippen LogP contribution in [-0.4, -0.2) is 19.9 Å². The van der Waals surface area contributed by atoms with Crippen LogP contribution in [0.4, 0.5) is 0 Å². The van der Waals surface area contributed by atoms with Gasteiger partial charge in [-0.15, -0.1) is 0 Å². The molecule has 4 nitrogen and oxygen atoms in total. The first kappa shape index (κ1) is 16.7. The summed E-state index contributed by atoms with van der Waals surface area (Å²) in [6, 6.07) is 28.4. The monoisotopic (exact) mass is 384 g/mol. The Morgan fingerprint density at radius 1 is 0.400 bits per heavy atom. The van der Waals surface area contributed by atoms with Crippen molar-refractivity contribution < 1.29 is 0 Å². The summed E-state index contributed by atoms with van der Waals surface area (Å²) in [5.41, 5.74) is 3.66. The maximum absolute atomic E-state index is 4.96. The van der Waals surface area contributed by atoms with Crippen LogP contribution in [0.2, 0.25) is 0 Å². The molecule has 2 heterocycles.